The molecule has 3 heterocycles. The third-order valence-electron chi connectivity index (χ3n) is 6.62. The predicted molar refractivity (Wildman–Crippen MR) is 130 cm³/mol. The number of carbonyl (C=O) groups excluding carboxylic acids is 1. The quantitative estimate of drug-likeness (QED) is 0.470. The van der Waals surface area contributed by atoms with E-state index in [-0.39, 0.29) is 11.9 Å². The van der Waals surface area contributed by atoms with Gasteiger partial charge >= 0.3 is 0 Å². The molecule has 1 fully saturated rings. The molecule has 0 radical (unpaired) electrons. The number of hydrogen-bond donors (Lipinski definition) is 0. The number of fused-ring (bicyclic) bond motifs is 1. The van der Waals surface area contributed by atoms with E-state index in [1.807, 2.05) is 41.9 Å². The number of anilines is 1. The van der Waals surface area contributed by atoms with Gasteiger partial charge < -0.3 is 9.80 Å². The fourth-order valence-electron chi connectivity index (χ4n) is 4.64. The van der Waals surface area contributed by atoms with Crippen molar-refractivity contribution in [3.05, 3.63) is 71.9 Å². The molecule has 1 aliphatic heterocycles. The number of rotatable bonds is 4. The van der Waals surface area contributed by atoms with Crippen LogP contribution in [0.1, 0.15) is 28.8 Å². The van der Waals surface area contributed by atoms with E-state index in [1.165, 1.54) is 0 Å². The monoisotopic (exact) mass is 451 g/mol. The van der Waals surface area contributed by atoms with Crippen LogP contribution in [0.4, 0.5) is 5.82 Å². The second-order valence-corrected chi connectivity index (χ2v) is 8.58. The first-order valence-electron chi connectivity index (χ1n) is 11.3. The number of amides is 1. The van der Waals surface area contributed by atoms with E-state index in [1.54, 1.807) is 30.5 Å². The summed E-state index contributed by atoms with van der Waals surface area (Å²) in [6, 6.07) is 19.2. The molecule has 170 valence electrons. The molecule has 0 N–H and O–H groups in total. The molecule has 8 heteroatoms. The smallest absolute Gasteiger partial charge is 0.253 e. The second-order valence-electron chi connectivity index (χ2n) is 8.58. The van der Waals surface area contributed by atoms with Crippen LogP contribution in [-0.4, -0.2) is 57.0 Å². The number of benzene rings is 2. The first-order valence-corrected chi connectivity index (χ1v) is 11.3. The third-order valence-corrected chi connectivity index (χ3v) is 6.62. The number of aryl methyl sites for hydroxylation is 1. The Balaban J connectivity index is 1.34. The summed E-state index contributed by atoms with van der Waals surface area (Å²) in [5.74, 6) is 0.856. The standard InChI is InChI=1S/C26H25N7O/c1-31(26(34)19-9-7-18(17-27)8-10-19)20-12-15-33(16-13-20)25-22-6-4-3-5-21(22)24(29-30-25)23-11-14-28-32(23)2/h3-11,14,20H,12-13,15-16H2,1-2H3. The Kier molecular flexibility index (Phi) is 5.68. The van der Waals surface area contributed by atoms with E-state index in [9.17, 15) is 4.79 Å². The number of piperidine rings is 1. The first kappa shape index (κ1) is 21.6. The minimum Gasteiger partial charge on any atom is -0.354 e. The van der Waals surface area contributed by atoms with Gasteiger partial charge in [0, 0.05) is 55.8 Å². The number of nitriles is 1. The van der Waals surface area contributed by atoms with Gasteiger partial charge in [-0.25, -0.2) is 0 Å². The zero-order valence-corrected chi connectivity index (χ0v) is 19.2. The summed E-state index contributed by atoms with van der Waals surface area (Å²) in [7, 11) is 3.76. The normalized spacial score (nSPS) is 14.2. The number of carbonyl (C=O) groups is 1. The summed E-state index contributed by atoms with van der Waals surface area (Å²) in [5, 5.41) is 24.6. The summed E-state index contributed by atoms with van der Waals surface area (Å²) in [6.07, 6.45) is 3.45. The molecule has 1 amide bonds. The molecule has 2 aromatic carbocycles. The molecule has 0 aliphatic carbocycles. The van der Waals surface area contributed by atoms with Gasteiger partial charge in [0.1, 0.15) is 5.69 Å². The summed E-state index contributed by atoms with van der Waals surface area (Å²) in [6.45, 7) is 1.58. The van der Waals surface area contributed by atoms with Crippen LogP contribution >= 0.6 is 0 Å². The maximum absolute atomic E-state index is 12.9. The van der Waals surface area contributed by atoms with Crippen molar-refractivity contribution >= 4 is 22.5 Å². The SMILES string of the molecule is CN(C(=O)c1ccc(C#N)cc1)C1CCN(c2nnc(-c3ccnn3C)c3ccccc23)CC1. The Morgan fingerprint density at radius 1 is 1.03 bits per heavy atom. The largest absolute Gasteiger partial charge is 0.354 e. The van der Waals surface area contributed by atoms with Crippen LogP contribution in [0, 0.1) is 11.3 Å². The van der Waals surface area contributed by atoms with Crippen LogP contribution in [0.25, 0.3) is 22.2 Å². The van der Waals surface area contributed by atoms with Crippen LogP contribution in [0.2, 0.25) is 0 Å². The molecule has 5 rings (SSSR count). The summed E-state index contributed by atoms with van der Waals surface area (Å²) >= 11 is 0. The van der Waals surface area contributed by atoms with E-state index in [0.29, 0.717) is 11.1 Å². The van der Waals surface area contributed by atoms with Gasteiger partial charge in [0.15, 0.2) is 5.82 Å². The van der Waals surface area contributed by atoms with Gasteiger partial charge in [-0.3, -0.25) is 9.48 Å². The fourth-order valence-corrected chi connectivity index (χ4v) is 4.64. The summed E-state index contributed by atoms with van der Waals surface area (Å²) < 4.78 is 1.81. The van der Waals surface area contributed by atoms with Crippen molar-refractivity contribution in [2.24, 2.45) is 7.05 Å². The number of aromatic nitrogens is 4. The topological polar surface area (TPSA) is 90.9 Å². The molecule has 1 saturated heterocycles. The highest BCUT2D eigenvalue weighted by Gasteiger charge is 2.28. The van der Waals surface area contributed by atoms with Crippen LogP contribution in [-0.2, 0) is 7.05 Å². The van der Waals surface area contributed by atoms with E-state index >= 15 is 0 Å². The lowest BCUT2D eigenvalue weighted by Gasteiger charge is -2.37. The molecule has 34 heavy (non-hydrogen) atoms. The van der Waals surface area contributed by atoms with E-state index in [4.69, 9.17) is 5.26 Å². The molecule has 0 atom stereocenters. The number of hydrogen-bond acceptors (Lipinski definition) is 6. The second kappa shape index (κ2) is 8.94. The van der Waals surface area contributed by atoms with Crippen LogP contribution in [0.15, 0.2) is 60.8 Å². The van der Waals surface area contributed by atoms with Gasteiger partial charge in [-0.2, -0.15) is 10.4 Å². The Bertz CT molecular complexity index is 1380. The van der Waals surface area contributed by atoms with Gasteiger partial charge in [-0.05, 0) is 43.2 Å². The lowest BCUT2D eigenvalue weighted by atomic mass is 10.0. The molecule has 4 aromatic rings. The van der Waals surface area contributed by atoms with Gasteiger partial charge in [-0.1, -0.05) is 24.3 Å². The van der Waals surface area contributed by atoms with Crippen molar-refractivity contribution in [1.82, 2.24) is 24.9 Å². The highest BCUT2D eigenvalue weighted by atomic mass is 16.2. The molecule has 0 saturated carbocycles. The summed E-state index contributed by atoms with van der Waals surface area (Å²) in [4.78, 5) is 17.0. The molecule has 8 nitrogen and oxygen atoms in total. The van der Waals surface area contributed by atoms with E-state index < -0.39 is 0 Å². The van der Waals surface area contributed by atoms with Gasteiger partial charge in [0.2, 0.25) is 0 Å². The lowest BCUT2D eigenvalue weighted by Crippen LogP contribution is -2.46. The molecular formula is C26H25N7O. The van der Waals surface area contributed by atoms with Crippen LogP contribution < -0.4 is 4.90 Å². The molecule has 0 bridgehead atoms. The van der Waals surface area contributed by atoms with Gasteiger partial charge in [0.05, 0.1) is 17.3 Å². The molecule has 0 unspecified atom stereocenters. The lowest BCUT2D eigenvalue weighted by molar-refractivity contribution is 0.0709. The number of nitrogens with zero attached hydrogens (tertiary/aromatic N) is 7. The van der Waals surface area contributed by atoms with Crippen LogP contribution in [0.3, 0.4) is 0 Å². The third kappa shape index (κ3) is 3.86. The summed E-state index contributed by atoms with van der Waals surface area (Å²) in [5.41, 5.74) is 2.90. The zero-order chi connectivity index (χ0) is 23.7. The Morgan fingerprint density at radius 3 is 2.38 bits per heavy atom. The fraction of sp³-hybridized carbons (Fsp3) is 0.269. The van der Waals surface area contributed by atoms with Crippen molar-refractivity contribution in [1.29, 1.82) is 5.26 Å². The zero-order valence-electron chi connectivity index (χ0n) is 19.2. The van der Waals surface area contributed by atoms with Gasteiger partial charge in [-0.15, -0.1) is 10.2 Å². The van der Waals surface area contributed by atoms with Crippen LogP contribution in [0.5, 0.6) is 0 Å². The van der Waals surface area contributed by atoms with Crippen molar-refractivity contribution in [3.63, 3.8) is 0 Å². The predicted octanol–water partition coefficient (Wildman–Crippen LogP) is 3.64. The average molecular weight is 452 g/mol. The maximum Gasteiger partial charge on any atom is 0.253 e. The molecule has 2 aromatic heterocycles. The molecular weight excluding hydrogens is 426 g/mol. The average Bonchev–Trinajstić information content (AvgIpc) is 3.32. The highest BCUT2D eigenvalue weighted by Crippen LogP contribution is 2.32. The van der Waals surface area contributed by atoms with Crippen molar-refractivity contribution in [2.45, 2.75) is 18.9 Å². The minimum atomic E-state index is -0.0197. The maximum atomic E-state index is 12.9. The Labute approximate surface area is 198 Å². The molecule has 0 spiro atoms. The van der Waals surface area contributed by atoms with E-state index in [2.05, 4.69) is 38.4 Å². The van der Waals surface area contributed by atoms with Crippen molar-refractivity contribution < 1.29 is 4.79 Å². The first-order chi connectivity index (χ1) is 16.6. The van der Waals surface area contributed by atoms with Crippen molar-refractivity contribution in [3.8, 4) is 17.5 Å². The Morgan fingerprint density at radius 2 is 1.74 bits per heavy atom. The van der Waals surface area contributed by atoms with E-state index in [0.717, 1.165) is 53.9 Å². The minimum absolute atomic E-state index is 0.0197. The highest BCUT2D eigenvalue weighted by molar-refractivity contribution is 6.00. The molecule has 1 aliphatic rings. The Hall–Kier alpha value is -4.25. The van der Waals surface area contributed by atoms with Gasteiger partial charge in [0.25, 0.3) is 5.91 Å². The van der Waals surface area contributed by atoms with Crippen molar-refractivity contribution in [2.75, 3.05) is 25.0 Å².